The van der Waals surface area contributed by atoms with Gasteiger partial charge in [0, 0.05) is 26.6 Å². The minimum absolute atomic E-state index is 0.0923. The highest BCUT2D eigenvalue weighted by Crippen LogP contribution is 2.39. The molecule has 1 saturated heterocycles. The normalized spacial score (nSPS) is 19.3. The quantitative estimate of drug-likeness (QED) is 0.403. The summed E-state index contributed by atoms with van der Waals surface area (Å²) < 4.78 is 46.2. The Hall–Kier alpha value is -4.62. The van der Waals surface area contributed by atoms with E-state index in [1.165, 1.54) is 42.9 Å². The van der Waals surface area contributed by atoms with Crippen LogP contribution in [0.2, 0.25) is 0 Å². The Kier molecular flexibility index (Phi) is 8.69. The summed E-state index contributed by atoms with van der Waals surface area (Å²) >= 11 is 0. The van der Waals surface area contributed by atoms with Crippen LogP contribution in [0.4, 0.5) is 18.0 Å². The van der Waals surface area contributed by atoms with Crippen LogP contribution in [-0.4, -0.2) is 82.9 Å². The molecular formula is C29H32F3N5O6. The number of ether oxygens (including phenoxy) is 1. The van der Waals surface area contributed by atoms with Crippen molar-refractivity contribution < 1.29 is 42.2 Å². The topological polar surface area (TPSA) is 141 Å². The Morgan fingerprint density at radius 3 is 2.40 bits per heavy atom. The van der Waals surface area contributed by atoms with Crippen LogP contribution in [0.1, 0.15) is 31.4 Å². The summed E-state index contributed by atoms with van der Waals surface area (Å²) in [4.78, 5) is 53.1. The molecule has 4 rings (SSSR count). The Bertz CT molecular complexity index is 1430. The number of alkyl halides is 3. The summed E-state index contributed by atoms with van der Waals surface area (Å²) in [5.74, 6) is -2.48. The summed E-state index contributed by atoms with van der Waals surface area (Å²) in [6.07, 6.45) is -5.73. The molecule has 2 heterocycles. The molecule has 0 spiro atoms. The highest BCUT2D eigenvalue weighted by atomic mass is 19.4. The third kappa shape index (κ3) is 6.73. The van der Waals surface area contributed by atoms with Gasteiger partial charge in [-0.15, -0.1) is 0 Å². The number of hydrogen-bond acceptors (Lipinski definition) is 6. The van der Waals surface area contributed by atoms with Gasteiger partial charge in [-0.3, -0.25) is 14.4 Å². The van der Waals surface area contributed by atoms with E-state index in [9.17, 15) is 32.3 Å². The zero-order chi connectivity index (χ0) is 31.6. The van der Waals surface area contributed by atoms with Crippen molar-refractivity contribution in [1.82, 2.24) is 20.5 Å². The largest absolute Gasteiger partial charge is 0.490 e. The van der Waals surface area contributed by atoms with Gasteiger partial charge in [-0.05, 0) is 38.0 Å². The number of rotatable bonds is 9. The van der Waals surface area contributed by atoms with Crippen molar-refractivity contribution >= 4 is 29.5 Å². The molecule has 2 aromatic carbocycles. The second-order valence-corrected chi connectivity index (χ2v) is 11.0. The predicted molar refractivity (Wildman–Crippen MR) is 148 cm³/mol. The molecule has 2 aliphatic rings. The number of benzene rings is 2. The Morgan fingerprint density at radius 1 is 1.09 bits per heavy atom. The van der Waals surface area contributed by atoms with Crippen LogP contribution >= 0.6 is 0 Å². The minimum Gasteiger partial charge on any atom is -0.490 e. The summed E-state index contributed by atoms with van der Waals surface area (Å²) in [5.41, 5.74) is -2.50. The highest BCUT2D eigenvalue weighted by molar-refractivity contribution is 6.13. The molecule has 0 radical (unpaired) electrons. The van der Waals surface area contributed by atoms with Crippen molar-refractivity contribution in [1.29, 1.82) is 0 Å². The number of hydrazone groups is 1. The van der Waals surface area contributed by atoms with Crippen LogP contribution in [-0.2, 0) is 27.0 Å². The number of carbonyl (C=O) groups is 4. The number of para-hydroxylation sites is 1. The zero-order valence-corrected chi connectivity index (χ0v) is 23.8. The van der Waals surface area contributed by atoms with Crippen molar-refractivity contribution in [2.75, 3.05) is 26.7 Å². The maximum atomic E-state index is 14.0. The fourth-order valence-corrected chi connectivity index (χ4v) is 5.27. The van der Waals surface area contributed by atoms with Crippen LogP contribution < -0.4 is 15.4 Å². The monoisotopic (exact) mass is 603 g/mol. The van der Waals surface area contributed by atoms with Crippen LogP contribution in [0.3, 0.4) is 0 Å². The molecule has 4 amide bonds. The van der Waals surface area contributed by atoms with Crippen LogP contribution in [0.15, 0.2) is 59.7 Å². The van der Waals surface area contributed by atoms with E-state index < -0.39 is 59.0 Å². The van der Waals surface area contributed by atoms with Gasteiger partial charge in [0.15, 0.2) is 0 Å². The Balaban J connectivity index is 1.63. The minimum atomic E-state index is -4.74. The molecule has 0 saturated carbocycles. The van der Waals surface area contributed by atoms with Crippen molar-refractivity contribution in [2.45, 2.75) is 44.4 Å². The number of halogens is 3. The number of amides is 4. The molecule has 0 aromatic heterocycles. The molecule has 2 aliphatic heterocycles. The lowest BCUT2D eigenvalue weighted by Crippen LogP contribution is -2.63. The molecule has 0 aliphatic carbocycles. The van der Waals surface area contributed by atoms with Gasteiger partial charge in [-0.25, -0.2) is 9.80 Å². The number of fused-ring (bicyclic) bond motifs is 1. The van der Waals surface area contributed by atoms with E-state index in [-0.39, 0.29) is 31.8 Å². The molecule has 14 heteroatoms. The lowest BCUT2D eigenvalue weighted by Gasteiger charge is -2.41. The fourth-order valence-electron chi connectivity index (χ4n) is 5.27. The Labute approximate surface area is 245 Å². The van der Waals surface area contributed by atoms with Crippen LogP contribution in [0, 0.1) is 5.41 Å². The van der Waals surface area contributed by atoms with Crippen molar-refractivity contribution in [3.63, 3.8) is 0 Å². The first-order chi connectivity index (χ1) is 20.1. The molecule has 2 aromatic rings. The first-order valence-electron chi connectivity index (χ1n) is 13.4. The Morgan fingerprint density at radius 2 is 1.74 bits per heavy atom. The van der Waals surface area contributed by atoms with E-state index in [0.29, 0.717) is 5.71 Å². The predicted octanol–water partition coefficient (Wildman–Crippen LogP) is 2.90. The summed E-state index contributed by atoms with van der Waals surface area (Å²) in [7, 11) is 1.53. The highest BCUT2D eigenvalue weighted by Gasteiger charge is 2.54. The molecule has 1 fully saturated rings. The molecular weight excluding hydrogens is 571 g/mol. The number of hydrogen-bond donors (Lipinski definition) is 3. The van der Waals surface area contributed by atoms with Gasteiger partial charge in [0.25, 0.3) is 5.91 Å². The lowest BCUT2D eigenvalue weighted by atomic mass is 9.73. The van der Waals surface area contributed by atoms with E-state index in [0.717, 1.165) is 17.7 Å². The van der Waals surface area contributed by atoms with Crippen molar-refractivity contribution in [3.8, 4) is 5.75 Å². The van der Waals surface area contributed by atoms with Crippen LogP contribution in [0.5, 0.6) is 5.75 Å². The molecule has 2 atom stereocenters. The first kappa shape index (κ1) is 31.3. The number of likely N-dealkylation sites (tertiary alicyclic amines) is 1. The fraction of sp³-hybridized carbons (Fsp3) is 0.414. The molecule has 0 bridgehead atoms. The second kappa shape index (κ2) is 11.9. The third-order valence-corrected chi connectivity index (χ3v) is 7.45. The van der Waals surface area contributed by atoms with Gasteiger partial charge in [-0.1, -0.05) is 42.5 Å². The second-order valence-electron chi connectivity index (χ2n) is 11.0. The van der Waals surface area contributed by atoms with Crippen LogP contribution in [0.25, 0.3) is 0 Å². The summed E-state index contributed by atoms with van der Waals surface area (Å²) in [5, 5.41) is 19.3. The molecule has 2 unspecified atom stereocenters. The molecule has 43 heavy (non-hydrogen) atoms. The zero-order valence-electron chi connectivity index (χ0n) is 23.8. The summed E-state index contributed by atoms with van der Waals surface area (Å²) in [6.45, 7) is 1.87. The van der Waals surface area contributed by atoms with Gasteiger partial charge >= 0.3 is 12.3 Å². The lowest BCUT2D eigenvalue weighted by molar-refractivity contribution is -0.143. The van der Waals surface area contributed by atoms with E-state index in [2.05, 4.69) is 10.4 Å². The SMILES string of the molecule is CN1N=C2CCN(C(=O)C(COc3ccccc3C(F)(F)F)NC(=O)C(C)(C)NC(=O)O)CC2(Cc2ccccc2)C1=O. The number of carbonyl (C=O) groups excluding carboxylic acids is 3. The number of nitrogens with zero attached hydrogens (tertiary/aromatic N) is 3. The van der Waals surface area contributed by atoms with Gasteiger partial charge in [0.1, 0.15) is 29.4 Å². The molecule has 11 nitrogen and oxygen atoms in total. The average molecular weight is 604 g/mol. The van der Waals surface area contributed by atoms with Crippen molar-refractivity contribution in [2.24, 2.45) is 10.5 Å². The van der Waals surface area contributed by atoms with E-state index in [4.69, 9.17) is 9.84 Å². The molecule has 230 valence electrons. The smallest absolute Gasteiger partial charge is 0.419 e. The average Bonchev–Trinajstić information content (AvgIpc) is 3.18. The summed E-state index contributed by atoms with van der Waals surface area (Å²) in [6, 6.07) is 12.1. The van der Waals surface area contributed by atoms with E-state index >= 15 is 0 Å². The maximum absolute atomic E-state index is 14.0. The van der Waals surface area contributed by atoms with E-state index in [1.807, 2.05) is 35.6 Å². The number of carboxylic acid groups (broad SMARTS) is 1. The van der Waals surface area contributed by atoms with Gasteiger partial charge in [0.05, 0.1) is 11.3 Å². The molecule has 3 N–H and O–H groups in total. The van der Waals surface area contributed by atoms with Crippen molar-refractivity contribution in [3.05, 3.63) is 65.7 Å². The first-order valence-corrected chi connectivity index (χ1v) is 13.4. The number of piperidine rings is 1. The maximum Gasteiger partial charge on any atom is 0.419 e. The van der Waals surface area contributed by atoms with E-state index in [1.54, 1.807) is 0 Å². The van der Waals surface area contributed by atoms with Gasteiger partial charge in [-0.2, -0.15) is 18.3 Å². The third-order valence-electron chi connectivity index (χ3n) is 7.45. The van der Waals surface area contributed by atoms with Gasteiger partial charge < -0.3 is 25.4 Å². The number of nitrogens with one attached hydrogen (secondary N) is 2. The van der Waals surface area contributed by atoms with Gasteiger partial charge in [0.2, 0.25) is 11.8 Å². The standard InChI is InChI=1S/C29H32F3N5O6/c1-27(2,34-26(41)42)24(39)33-20(16-43-21-12-8-7-11-19(21)29(30,31)32)23(38)37-14-13-22-28(17-37,25(40)36(3)35-22)15-18-9-5-4-6-10-18/h4-12,20,34H,13-17H2,1-3H3,(H,33,39)(H,41,42).